The first-order chi connectivity index (χ1) is 16.9. The van der Waals surface area contributed by atoms with Crippen molar-refractivity contribution >= 4 is 72.3 Å². The lowest BCUT2D eigenvalue weighted by Gasteiger charge is -2.15. The predicted molar refractivity (Wildman–Crippen MR) is 150 cm³/mol. The van der Waals surface area contributed by atoms with Crippen LogP contribution in [0.3, 0.4) is 0 Å². The van der Waals surface area contributed by atoms with Gasteiger partial charge >= 0.3 is 0 Å². The molecule has 35 heavy (non-hydrogen) atoms. The van der Waals surface area contributed by atoms with Gasteiger partial charge in [0.1, 0.15) is 15.8 Å². The maximum absolute atomic E-state index is 8.10. The molecule has 12 heteroatoms. The van der Waals surface area contributed by atoms with Crippen LogP contribution in [0.2, 0.25) is 0 Å². The molecule has 0 amide bonds. The van der Waals surface area contributed by atoms with Crippen LogP contribution in [-0.4, -0.2) is 39.2 Å². The summed E-state index contributed by atoms with van der Waals surface area (Å²) in [5, 5.41) is 31.7. The van der Waals surface area contributed by atoms with Crippen molar-refractivity contribution in [3.05, 3.63) is 68.6 Å². The third kappa shape index (κ3) is 7.00. The van der Waals surface area contributed by atoms with E-state index in [4.69, 9.17) is 10.1 Å². The molecule has 1 atom stereocenters. The van der Waals surface area contributed by atoms with Gasteiger partial charge in [0.05, 0.1) is 5.25 Å². The van der Waals surface area contributed by atoms with Crippen LogP contribution in [0.4, 0.5) is 16.0 Å². The zero-order valence-electron chi connectivity index (χ0n) is 19.4. The van der Waals surface area contributed by atoms with Gasteiger partial charge in [0.15, 0.2) is 0 Å². The Labute approximate surface area is 224 Å². The number of anilines is 3. The zero-order chi connectivity index (χ0) is 24.8. The molecule has 0 spiro atoms. The lowest BCUT2D eigenvalue weighted by molar-refractivity contribution is 0.544. The minimum absolute atomic E-state index is 0.0963. The Morgan fingerprint density at radius 1 is 1.09 bits per heavy atom. The molecule has 4 aromatic rings. The van der Waals surface area contributed by atoms with Crippen LogP contribution in [0.5, 0.6) is 5.75 Å². The monoisotopic (exact) mass is 589 g/mol. The van der Waals surface area contributed by atoms with E-state index < -0.39 is 0 Å². The summed E-state index contributed by atoms with van der Waals surface area (Å²) in [6.07, 6.45) is 0.705. The first-order valence-electron chi connectivity index (χ1n) is 10.8. The number of benzene rings is 2. The third-order valence-corrected chi connectivity index (χ3v) is 8.64. The predicted octanol–water partition coefficient (Wildman–Crippen LogP) is 6.69. The Kier molecular flexibility index (Phi) is 8.71. The van der Waals surface area contributed by atoms with Gasteiger partial charge in [0.25, 0.3) is 6.02 Å². The van der Waals surface area contributed by atoms with Gasteiger partial charge in [-0.3, -0.25) is 10.7 Å². The minimum atomic E-state index is -0.0963. The maximum Gasteiger partial charge on any atom is 0.293 e. The van der Waals surface area contributed by atoms with Crippen LogP contribution < -0.4 is 15.0 Å². The number of amidine groups is 1. The second kappa shape index (κ2) is 11.9. The molecular formula is C23H24BrN7OS3. The summed E-state index contributed by atoms with van der Waals surface area (Å²) < 4.78 is 6.57. The molecule has 182 valence electrons. The van der Waals surface area contributed by atoms with E-state index in [0.29, 0.717) is 17.3 Å². The lowest BCUT2D eigenvalue weighted by Crippen LogP contribution is -2.17. The van der Waals surface area contributed by atoms with E-state index in [9.17, 15) is 0 Å². The Bertz CT molecular complexity index is 1260. The maximum atomic E-state index is 8.10. The molecule has 0 aliphatic rings. The smallest absolute Gasteiger partial charge is 0.293 e. The molecule has 2 aromatic heterocycles. The highest BCUT2D eigenvalue weighted by atomic mass is 79.9. The first kappa shape index (κ1) is 25.5. The molecule has 0 radical (unpaired) electrons. The number of hydrogen-bond donors (Lipinski definition) is 2. The largest absolute Gasteiger partial charge is 0.426 e. The van der Waals surface area contributed by atoms with E-state index in [1.165, 1.54) is 11.3 Å². The van der Waals surface area contributed by atoms with Crippen LogP contribution in [0.25, 0.3) is 0 Å². The molecule has 0 aliphatic carbocycles. The van der Waals surface area contributed by atoms with Crippen molar-refractivity contribution in [2.75, 3.05) is 23.0 Å². The highest BCUT2D eigenvalue weighted by Gasteiger charge is 2.21. The van der Waals surface area contributed by atoms with Gasteiger partial charge in [-0.2, -0.15) is 11.8 Å². The Hall–Kier alpha value is -2.54. The Balaban J connectivity index is 1.40. The summed E-state index contributed by atoms with van der Waals surface area (Å²) in [6, 6.07) is 15.5. The Morgan fingerprint density at radius 3 is 2.54 bits per heavy atom. The van der Waals surface area contributed by atoms with Crippen LogP contribution in [0.1, 0.15) is 27.8 Å². The number of thioether (sulfide) groups is 1. The van der Waals surface area contributed by atoms with Gasteiger partial charge < -0.3 is 9.64 Å². The van der Waals surface area contributed by atoms with Gasteiger partial charge in [0, 0.05) is 23.6 Å². The van der Waals surface area contributed by atoms with Gasteiger partial charge in [-0.15, -0.1) is 20.4 Å². The molecule has 0 aliphatic heterocycles. The van der Waals surface area contributed by atoms with E-state index in [0.717, 1.165) is 36.6 Å². The van der Waals surface area contributed by atoms with Crippen LogP contribution in [-0.2, 0) is 6.42 Å². The third-order valence-electron chi connectivity index (χ3n) is 4.86. The van der Waals surface area contributed by atoms with E-state index in [1.54, 1.807) is 23.1 Å². The highest BCUT2D eigenvalue weighted by Crippen LogP contribution is 2.37. The van der Waals surface area contributed by atoms with Crippen molar-refractivity contribution in [1.29, 1.82) is 5.41 Å². The molecule has 2 N–H and O–H groups in total. The van der Waals surface area contributed by atoms with Crippen molar-refractivity contribution in [3.63, 3.8) is 0 Å². The van der Waals surface area contributed by atoms with Crippen LogP contribution >= 0.6 is 50.4 Å². The Morgan fingerprint density at radius 2 is 1.83 bits per heavy atom. The number of nitrogens with zero attached hydrogens (tertiary/aromatic N) is 5. The highest BCUT2D eigenvalue weighted by molar-refractivity contribution is 9.10. The van der Waals surface area contributed by atoms with E-state index in [2.05, 4.69) is 48.6 Å². The van der Waals surface area contributed by atoms with E-state index in [-0.39, 0.29) is 11.3 Å². The average molecular weight is 591 g/mol. The van der Waals surface area contributed by atoms with Crippen LogP contribution in [0.15, 0.2) is 53.0 Å². The second-order valence-corrected chi connectivity index (χ2v) is 11.9. The molecule has 4 rings (SSSR count). The quantitative estimate of drug-likeness (QED) is 0.164. The van der Waals surface area contributed by atoms with Crippen molar-refractivity contribution in [3.8, 4) is 5.75 Å². The second-order valence-electron chi connectivity index (χ2n) is 7.48. The standard InChI is InChI=1S/C23H24BrN7OS3/c1-4-33-18(13-19-27-30-23(34-19)31(3)16-9-7-15(24)8-10-16)20-28-29-22(35-20)26-21(25)32-17-11-5-14(2)6-12-17/h5-12,18H,4,13H2,1-3H3,(H2,25,26,29). The summed E-state index contributed by atoms with van der Waals surface area (Å²) >= 11 is 8.26. The van der Waals surface area contributed by atoms with E-state index >= 15 is 0 Å². The molecule has 1 unspecified atom stereocenters. The SMILES string of the molecule is CCSC(Cc1nnc(N(C)c2ccc(Br)cc2)s1)c1nnc(NC(=N)Oc2ccc(C)cc2)s1. The van der Waals surface area contributed by atoms with Gasteiger partial charge in [-0.25, -0.2) is 0 Å². The van der Waals surface area contributed by atoms with E-state index in [1.807, 2.05) is 67.4 Å². The molecular weight excluding hydrogens is 566 g/mol. The van der Waals surface area contributed by atoms with Crippen molar-refractivity contribution < 1.29 is 4.74 Å². The summed E-state index contributed by atoms with van der Waals surface area (Å²) in [5.41, 5.74) is 2.18. The summed E-state index contributed by atoms with van der Waals surface area (Å²) in [6.45, 7) is 4.12. The number of halogens is 1. The van der Waals surface area contributed by atoms with Gasteiger partial charge in [-0.1, -0.05) is 63.2 Å². The van der Waals surface area contributed by atoms with Gasteiger partial charge in [0.2, 0.25) is 10.3 Å². The number of aromatic nitrogens is 4. The summed E-state index contributed by atoms with van der Waals surface area (Å²) in [4.78, 5) is 2.03. The number of rotatable bonds is 9. The number of ether oxygens (including phenoxy) is 1. The number of aryl methyl sites for hydroxylation is 1. The minimum Gasteiger partial charge on any atom is -0.426 e. The lowest BCUT2D eigenvalue weighted by atomic mass is 10.2. The fourth-order valence-corrected chi connectivity index (χ4v) is 6.25. The summed E-state index contributed by atoms with van der Waals surface area (Å²) in [5.74, 6) is 1.53. The number of hydrogen-bond acceptors (Lipinski definition) is 10. The fraction of sp³-hybridized carbons (Fsp3) is 0.261. The normalized spacial score (nSPS) is 11.8. The molecule has 8 nitrogen and oxygen atoms in total. The number of nitrogens with one attached hydrogen (secondary N) is 2. The molecule has 0 bridgehead atoms. The van der Waals surface area contributed by atoms with Crippen molar-refractivity contribution in [1.82, 2.24) is 20.4 Å². The summed E-state index contributed by atoms with van der Waals surface area (Å²) in [7, 11) is 1.99. The van der Waals surface area contributed by atoms with Crippen molar-refractivity contribution in [2.24, 2.45) is 0 Å². The molecule has 2 heterocycles. The average Bonchev–Trinajstić information content (AvgIpc) is 3.50. The molecule has 0 saturated carbocycles. The zero-order valence-corrected chi connectivity index (χ0v) is 23.4. The van der Waals surface area contributed by atoms with Crippen LogP contribution in [0, 0.1) is 12.3 Å². The van der Waals surface area contributed by atoms with Gasteiger partial charge in [-0.05, 0) is 49.1 Å². The molecule has 0 fully saturated rings. The molecule has 2 aromatic carbocycles. The molecule has 0 saturated heterocycles. The fourth-order valence-electron chi connectivity index (χ4n) is 3.08. The topological polar surface area (TPSA) is 99.9 Å². The van der Waals surface area contributed by atoms with Crippen molar-refractivity contribution in [2.45, 2.75) is 25.5 Å². The first-order valence-corrected chi connectivity index (χ1v) is 14.3.